The number of carbonyl (C=O) groups excluding carboxylic acids is 2. The first-order valence-electron chi connectivity index (χ1n) is 12.4. The highest BCUT2D eigenvalue weighted by Gasteiger charge is 2.56. The minimum absolute atomic E-state index is 0.0306. The molecule has 0 radical (unpaired) electrons. The van der Waals surface area contributed by atoms with E-state index in [2.05, 4.69) is 15.0 Å². The first-order chi connectivity index (χ1) is 19.2. The lowest BCUT2D eigenvalue weighted by Crippen LogP contribution is -2.51. The van der Waals surface area contributed by atoms with Crippen LogP contribution in [0.5, 0.6) is 0 Å². The molecule has 1 atom stereocenters. The van der Waals surface area contributed by atoms with Crippen LogP contribution in [0, 0.1) is 5.82 Å². The third-order valence-electron chi connectivity index (χ3n) is 7.10. The number of aromatic nitrogens is 4. The Morgan fingerprint density at radius 2 is 1.82 bits per heavy atom. The summed E-state index contributed by atoms with van der Waals surface area (Å²) in [7, 11) is 1.71. The second-order valence-electron chi connectivity index (χ2n) is 9.86. The number of halogens is 3. The highest BCUT2D eigenvalue weighted by molar-refractivity contribution is 6.30. The van der Waals surface area contributed by atoms with E-state index in [1.54, 1.807) is 35.9 Å². The number of ketones is 1. The zero-order chi connectivity index (χ0) is 28.2. The molecule has 12 heteroatoms. The lowest BCUT2D eigenvalue weighted by Gasteiger charge is -2.45. The van der Waals surface area contributed by atoms with Crippen LogP contribution in [0.4, 0.5) is 4.39 Å². The van der Waals surface area contributed by atoms with Crippen LogP contribution in [0.25, 0.3) is 0 Å². The number of hydrogen-bond acceptors (Lipinski definition) is 7. The molecule has 0 saturated heterocycles. The van der Waals surface area contributed by atoms with Gasteiger partial charge in [-0.3, -0.25) is 14.5 Å². The Hall–Kier alpha value is -3.70. The van der Waals surface area contributed by atoms with Crippen molar-refractivity contribution in [2.45, 2.75) is 37.3 Å². The van der Waals surface area contributed by atoms with Crippen molar-refractivity contribution in [3.63, 3.8) is 0 Å². The summed E-state index contributed by atoms with van der Waals surface area (Å²) >= 11 is 12.1. The first-order valence-corrected chi connectivity index (χ1v) is 13.2. The van der Waals surface area contributed by atoms with Gasteiger partial charge in [0.05, 0.1) is 41.2 Å². The van der Waals surface area contributed by atoms with Crippen LogP contribution in [-0.4, -0.2) is 53.4 Å². The predicted octanol–water partition coefficient (Wildman–Crippen LogP) is 4.28. The van der Waals surface area contributed by atoms with Gasteiger partial charge in [0.15, 0.2) is 0 Å². The van der Waals surface area contributed by atoms with Gasteiger partial charge in [-0.15, -0.1) is 0 Å². The smallest absolute Gasteiger partial charge is 0.257 e. The number of carbonyl (C=O) groups is 2. The zero-order valence-corrected chi connectivity index (χ0v) is 22.6. The second kappa shape index (κ2) is 10.0. The average molecular weight is 582 g/mol. The quantitative estimate of drug-likeness (QED) is 0.324. The molecule has 2 aromatic carbocycles. The largest absolute Gasteiger partial charge is 0.393 e. The summed E-state index contributed by atoms with van der Waals surface area (Å²) in [5, 5.41) is 10.7. The number of fused-ring (bicyclic) bond motifs is 1. The highest BCUT2D eigenvalue weighted by Crippen LogP contribution is 2.50. The van der Waals surface area contributed by atoms with E-state index in [0.717, 1.165) is 6.07 Å². The number of nitrogens with zero attached hydrogens (tertiary/aromatic N) is 5. The summed E-state index contributed by atoms with van der Waals surface area (Å²) in [6.07, 6.45) is 5.34. The summed E-state index contributed by atoms with van der Waals surface area (Å²) in [5.74, 6) is -1.68. The van der Waals surface area contributed by atoms with Crippen molar-refractivity contribution < 1.29 is 23.8 Å². The van der Waals surface area contributed by atoms with E-state index >= 15 is 4.39 Å². The van der Waals surface area contributed by atoms with E-state index in [4.69, 9.17) is 27.9 Å². The monoisotopic (exact) mass is 581 g/mol. The molecule has 1 N–H and O–H groups in total. The maximum Gasteiger partial charge on any atom is 0.257 e. The molecule has 40 heavy (non-hydrogen) atoms. The van der Waals surface area contributed by atoms with Gasteiger partial charge >= 0.3 is 0 Å². The van der Waals surface area contributed by atoms with Gasteiger partial charge in [-0.1, -0.05) is 35.3 Å². The van der Waals surface area contributed by atoms with Gasteiger partial charge in [-0.2, -0.15) is 0 Å². The van der Waals surface area contributed by atoms with Crippen molar-refractivity contribution in [2.24, 2.45) is 7.05 Å². The van der Waals surface area contributed by atoms with Crippen LogP contribution >= 0.6 is 23.2 Å². The summed E-state index contributed by atoms with van der Waals surface area (Å²) in [5.41, 5.74) is -1.33. The molecule has 0 unspecified atom stereocenters. The number of amides is 1. The fourth-order valence-corrected chi connectivity index (χ4v) is 5.36. The van der Waals surface area contributed by atoms with E-state index in [1.807, 2.05) is 0 Å². The summed E-state index contributed by atoms with van der Waals surface area (Å²) in [6.45, 7) is -0.161. The maximum atomic E-state index is 16.3. The summed E-state index contributed by atoms with van der Waals surface area (Å²) in [4.78, 5) is 41.2. The summed E-state index contributed by atoms with van der Waals surface area (Å²) < 4.78 is 24.5. The Balaban J connectivity index is 1.55. The zero-order valence-electron chi connectivity index (χ0n) is 21.1. The van der Waals surface area contributed by atoms with Crippen molar-refractivity contribution in [2.75, 3.05) is 0 Å². The van der Waals surface area contributed by atoms with Gasteiger partial charge in [0.25, 0.3) is 5.91 Å². The Bertz CT molecular complexity index is 1620. The average Bonchev–Trinajstić information content (AvgIpc) is 3.45. The SMILES string of the molecule is Cn1cnc(C(=O)c2cc(F)c3c(c2)C(=O)N(Cc2ncc(Cl)cn2)[C@@]3(OC2CC(O)C2)c2ccc(Cl)cc2)c1. The molecule has 1 saturated carbocycles. The van der Waals surface area contributed by atoms with E-state index in [1.165, 1.54) is 35.9 Å². The predicted molar refractivity (Wildman–Crippen MR) is 142 cm³/mol. The molecule has 9 nitrogen and oxygen atoms in total. The Labute approximate surface area is 238 Å². The minimum Gasteiger partial charge on any atom is -0.393 e. The first kappa shape index (κ1) is 26.5. The van der Waals surface area contributed by atoms with Gasteiger partial charge in [-0.05, 0) is 37.1 Å². The van der Waals surface area contributed by atoms with Gasteiger partial charge in [0.2, 0.25) is 11.5 Å². The number of aliphatic hydroxyl groups is 1. The van der Waals surface area contributed by atoms with E-state index in [9.17, 15) is 14.7 Å². The van der Waals surface area contributed by atoms with Gasteiger partial charge in [0, 0.05) is 41.8 Å². The van der Waals surface area contributed by atoms with Crippen LogP contribution < -0.4 is 0 Å². The number of aryl methyl sites for hydroxylation is 1. The topological polar surface area (TPSA) is 110 Å². The third-order valence-corrected chi connectivity index (χ3v) is 7.55. The van der Waals surface area contributed by atoms with E-state index in [0.29, 0.717) is 28.5 Å². The molecule has 1 aliphatic carbocycles. The number of ether oxygens (including phenoxy) is 1. The molecule has 3 heterocycles. The van der Waals surface area contributed by atoms with Gasteiger partial charge in [-0.25, -0.2) is 19.3 Å². The molecule has 2 aliphatic rings. The van der Waals surface area contributed by atoms with Crippen LogP contribution in [0.15, 0.2) is 61.3 Å². The highest BCUT2D eigenvalue weighted by atomic mass is 35.5. The number of rotatable bonds is 7. The number of hydrogen-bond donors (Lipinski definition) is 1. The number of aliphatic hydroxyl groups excluding tert-OH is 1. The minimum atomic E-state index is -1.76. The molecule has 4 aromatic rings. The molecule has 0 bridgehead atoms. The van der Waals surface area contributed by atoms with E-state index < -0.39 is 35.4 Å². The number of benzene rings is 2. The lowest BCUT2D eigenvalue weighted by molar-refractivity contribution is -0.191. The Morgan fingerprint density at radius 3 is 2.45 bits per heavy atom. The van der Waals surface area contributed by atoms with Crippen LogP contribution in [0.1, 0.15) is 56.2 Å². The third kappa shape index (κ3) is 4.46. The Kier molecular flexibility index (Phi) is 6.66. The maximum absolute atomic E-state index is 16.3. The lowest BCUT2D eigenvalue weighted by atomic mass is 9.88. The number of imidazole rings is 1. The van der Waals surface area contributed by atoms with Crippen molar-refractivity contribution >= 4 is 34.9 Å². The normalized spacial score (nSPS) is 21.8. The molecule has 1 aliphatic heterocycles. The summed E-state index contributed by atoms with van der Waals surface area (Å²) in [6, 6.07) is 9.00. The molecule has 1 amide bonds. The van der Waals surface area contributed by atoms with Crippen LogP contribution in [0.2, 0.25) is 10.0 Å². The van der Waals surface area contributed by atoms with Gasteiger partial charge in [0.1, 0.15) is 17.3 Å². The fourth-order valence-electron chi connectivity index (χ4n) is 5.14. The van der Waals surface area contributed by atoms with E-state index in [-0.39, 0.29) is 34.8 Å². The molecule has 0 spiro atoms. The standard InChI is InChI=1S/C28H22Cl2FN5O4/c1-35-12-23(34-14-35)26(38)15-6-21-25(22(31)7-15)28(40-20-8-19(37)9-20,16-2-4-17(29)5-3-16)36(27(21)39)13-24-32-10-18(30)11-33-24/h2-7,10-12,14,19-20,37H,8-9,13H2,1H3/t19?,20?,28-/m1/s1. The second-order valence-corrected chi connectivity index (χ2v) is 10.7. The molecule has 6 rings (SSSR count). The van der Waals surface area contributed by atoms with Crippen molar-refractivity contribution in [3.8, 4) is 0 Å². The molecular weight excluding hydrogens is 560 g/mol. The molecule has 204 valence electrons. The molecule has 2 aromatic heterocycles. The van der Waals surface area contributed by atoms with Gasteiger partial charge < -0.3 is 14.4 Å². The molecular formula is C28H22Cl2FN5O4. The fraction of sp³-hybridized carbons (Fsp3) is 0.250. The van der Waals surface area contributed by atoms with Crippen molar-refractivity contribution in [1.29, 1.82) is 0 Å². The van der Waals surface area contributed by atoms with Crippen molar-refractivity contribution in [1.82, 2.24) is 24.4 Å². The Morgan fingerprint density at radius 1 is 1.12 bits per heavy atom. The molecule has 1 fully saturated rings. The van der Waals surface area contributed by atoms with Crippen LogP contribution in [0.3, 0.4) is 0 Å². The van der Waals surface area contributed by atoms with Crippen LogP contribution in [-0.2, 0) is 24.1 Å². The van der Waals surface area contributed by atoms with Crippen molar-refractivity contribution in [3.05, 3.63) is 111 Å².